The summed E-state index contributed by atoms with van der Waals surface area (Å²) in [6, 6.07) is 65.5. The lowest BCUT2D eigenvalue weighted by Gasteiger charge is -2.10. The molecule has 0 aliphatic rings. The Kier molecular flexibility index (Phi) is 6.83. The highest BCUT2D eigenvalue weighted by atomic mass is 16.3. The topological polar surface area (TPSA) is 61.7 Å². The van der Waals surface area contributed by atoms with Crippen LogP contribution in [0.2, 0.25) is 0 Å². The third-order valence-electron chi connectivity index (χ3n) is 11.2. The Morgan fingerprint density at radius 1 is 0.333 bits per heavy atom. The van der Waals surface area contributed by atoms with Crippen molar-refractivity contribution in [2.45, 2.75) is 0 Å². The van der Waals surface area contributed by atoms with Gasteiger partial charge in [-0.25, -0.2) is 15.0 Å². The first-order chi connectivity index (χ1) is 28.3. The smallest absolute Gasteiger partial charge is 0.164 e. The molecule has 0 bridgehead atoms. The summed E-state index contributed by atoms with van der Waals surface area (Å²) < 4.78 is 11.4. The van der Waals surface area contributed by atoms with Crippen LogP contribution in [-0.2, 0) is 0 Å². The van der Waals surface area contributed by atoms with Crippen molar-refractivity contribution in [2.75, 3.05) is 0 Å². The molecule has 8 aromatic carbocycles. The average Bonchev–Trinajstić information content (AvgIpc) is 3.94. The minimum Gasteiger partial charge on any atom is -0.456 e. The lowest BCUT2D eigenvalue weighted by Crippen LogP contribution is -2.00. The highest BCUT2D eigenvalue weighted by Crippen LogP contribution is 2.43. The number of nitrogens with zero attached hydrogens (tertiary/aromatic N) is 5. The Hall–Kier alpha value is -7.83. The molecule has 0 aliphatic heterocycles. The number of aromatic nitrogens is 5. The maximum Gasteiger partial charge on any atom is 0.164 e. The van der Waals surface area contributed by atoms with Crippen molar-refractivity contribution >= 4 is 65.6 Å². The van der Waals surface area contributed by atoms with Gasteiger partial charge in [0.15, 0.2) is 17.5 Å². The molecule has 0 N–H and O–H groups in total. The Labute approximate surface area is 326 Å². The van der Waals surface area contributed by atoms with Gasteiger partial charge >= 0.3 is 0 Å². The van der Waals surface area contributed by atoms with Gasteiger partial charge in [0, 0.05) is 55.0 Å². The third-order valence-corrected chi connectivity index (χ3v) is 11.2. The molecule has 12 aromatic rings. The molecular weight excluding hydrogens is 699 g/mol. The summed E-state index contributed by atoms with van der Waals surface area (Å²) in [4.78, 5) is 15.1. The Morgan fingerprint density at radius 3 is 1.53 bits per heavy atom. The second-order valence-electron chi connectivity index (χ2n) is 14.4. The van der Waals surface area contributed by atoms with Crippen molar-refractivity contribution in [1.29, 1.82) is 0 Å². The molecule has 6 heteroatoms. The van der Waals surface area contributed by atoms with Crippen LogP contribution in [0.5, 0.6) is 0 Å². The highest BCUT2D eigenvalue weighted by molar-refractivity contribution is 6.25. The fourth-order valence-electron chi connectivity index (χ4n) is 8.62. The molecule has 57 heavy (non-hydrogen) atoms. The van der Waals surface area contributed by atoms with Crippen LogP contribution in [-0.4, -0.2) is 24.1 Å². The van der Waals surface area contributed by atoms with Crippen molar-refractivity contribution in [3.05, 3.63) is 188 Å². The van der Waals surface area contributed by atoms with Gasteiger partial charge in [0.25, 0.3) is 0 Å². The molecule has 6 nitrogen and oxygen atoms in total. The standard InChI is InChI=1S/C51H31N5O/c1-4-14-32(15-5-1)49-52-50(33-16-6-2-7-17-33)54-51(53-49)34-24-27-44-40(30-34)39-26-29-46-47(48(39)56(44)35-18-8-3-9-19-35)41-31-36(25-28-45(41)57-46)55-42-22-12-10-20-37(42)38-21-11-13-23-43(38)55/h1-31H. The molecule has 0 aliphatic carbocycles. The number of rotatable bonds is 5. The first-order valence-corrected chi connectivity index (χ1v) is 19.1. The average molecular weight is 730 g/mol. The van der Waals surface area contributed by atoms with E-state index in [1.54, 1.807) is 0 Å². The SMILES string of the molecule is c1ccc(-c2nc(-c3ccccc3)nc(-c3ccc4c(c3)c3ccc5oc6ccc(-n7c8ccccc8c8ccccc87)cc6c5c3n4-c3ccccc3)n2)cc1. The molecule has 0 atom stereocenters. The maximum absolute atomic E-state index is 6.65. The van der Waals surface area contributed by atoms with Gasteiger partial charge in [-0.1, -0.05) is 115 Å². The normalized spacial score (nSPS) is 11.9. The van der Waals surface area contributed by atoms with Crippen LogP contribution in [0.15, 0.2) is 192 Å². The van der Waals surface area contributed by atoms with Crippen molar-refractivity contribution in [2.24, 2.45) is 0 Å². The molecule has 266 valence electrons. The third kappa shape index (κ3) is 4.87. The van der Waals surface area contributed by atoms with E-state index in [-0.39, 0.29) is 0 Å². The zero-order chi connectivity index (χ0) is 37.5. The Bertz CT molecular complexity index is 3400. The van der Waals surface area contributed by atoms with Crippen LogP contribution < -0.4 is 0 Å². The monoisotopic (exact) mass is 729 g/mol. The molecule has 0 saturated heterocycles. The van der Waals surface area contributed by atoms with Crippen LogP contribution in [0.25, 0.3) is 111 Å². The Morgan fingerprint density at radius 2 is 0.877 bits per heavy atom. The molecular formula is C51H31N5O. The quantitative estimate of drug-likeness (QED) is 0.177. The predicted molar refractivity (Wildman–Crippen MR) is 232 cm³/mol. The highest BCUT2D eigenvalue weighted by Gasteiger charge is 2.22. The lowest BCUT2D eigenvalue weighted by atomic mass is 10.1. The van der Waals surface area contributed by atoms with Gasteiger partial charge in [-0.3, -0.25) is 0 Å². The molecule has 4 aromatic heterocycles. The van der Waals surface area contributed by atoms with Gasteiger partial charge < -0.3 is 13.6 Å². The van der Waals surface area contributed by atoms with E-state index in [1.807, 2.05) is 60.7 Å². The van der Waals surface area contributed by atoms with Crippen LogP contribution in [0, 0.1) is 0 Å². The van der Waals surface area contributed by atoms with E-state index in [9.17, 15) is 0 Å². The predicted octanol–water partition coefficient (Wildman–Crippen LogP) is 13.0. The van der Waals surface area contributed by atoms with E-state index < -0.39 is 0 Å². The zero-order valence-corrected chi connectivity index (χ0v) is 30.5. The van der Waals surface area contributed by atoms with Crippen LogP contribution in [0.4, 0.5) is 0 Å². The molecule has 0 unspecified atom stereocenters. The second-order valence-corrected chi connectivity index (χ2v) is 14.4. The van der Waals surface area contributed by atoms with E-state index >= 15 is 0 Å². The van der Waals surface area contributed by atoms with Crippen LogP contribution in [0.1, 0.15) is 0 Å². The summed E-state index contributed by atoms with van der Waals surface area (Å²) in [5.41, 5.74) is 11.2. The number of fused-ring (bicyclic) bond motifs is 10. The van der Waals surface area contributed by atoms with Crippen molar-refractivity contribution in [3.8, 4) is 45.5 Å². The fourth-order valence-corrected chi connectivity index (χ4v) is 8.62. The molecule has 0 radical (unpaired) electrons. The van der Waals surface area contributed by atoms with Gasteiger partial charge in [-0.15, -0.1) is 0 Å². The number of para-hydroxylation sites is 3. The number of hydrogen-bond acceptors (Lipinski definition) is 4. The molecule has 12 rings (SSSR count). The second kappa shape index (κ2) is 12.3. The van der Waals surface area contributed by atoms with E-state index in [4.69, 9.17) is 19.4 Å². The van der Waals surface area contributed by atoms with Gasteiger partial charge in [0.2, 0.25) is 0 Å². The molecule has 0 spiro atoms. The van der Waals surface area contributed by atoms with Gasteiger partial charge in [0.05, 0.1) is 27.5 Å². The van der Waals surface area contributed by atoms with Gasteiger partial charge in [-0.05, 0) is 72.8 Å². The fraction of sp³-hybridized carbons (Fsp3) is 0. The summed E-state index contributed by atoms with van der Waals surface area (Å²) in [6.07, 6.45) is 0. The van der Waals surface area contributed by atoms with E-state index in [1.165, 1.54) is 21.8 Å². The van der Waals surface area contributed by atoms with E-state index in [2.05, 4.69) is 137 Å². The van der Waals surface area contributed by atoms with Crippen molar-refractivity contribution in [3.63, 3.8) is 0 Å². The van der Waals surface area contributed by atoms with Gasteiger partial charge in [0.1, 0.15) is 11.2 Å². The minimum atomic E-state index is 0.621. The largest absolute Gasteiger partial charge is 0.456 e. The zero-order valence-electron chi connectivity index (χ0n) is 30.5. The van der Waals surface area contributed by atoms with E-state index in [0.717, 1.165) is 71.8 Å². The lowest BCUT2D eigenvalue weighted by molar-refractivity contribution is 0.669. The minimum absolute atomic E-state index is 0.621. The summed E-state index contributed by atoms with van der Waals surface area (Å²) in [5.74, 6) is 1.89. The van der Waals surface area contributed by atoms with Crippen LogP contribution >= 0.6 is 0 Å². The summed E-state index contributed by atoms with van der Waals surface area (Å²) >= 11 is 0. The molecule has 0 fully saturated rings. The number of furan rings is 1. The molecule has 0 saturated carbocycles. The maximum atomic E-state index is 6.65. The Balaban J connectivity index is 1.13. The van der Waals surface area contributed by atoms with Crippen LogP contribution in [0.3, 0.4) is 0 Å². The number of benzene rings is 8. The van der Waals surface area contributed by atoms with E-state index in [0.29, 0.717) is 17.5 Å². The summed E-state index contributed by atoms with van der Waals surface area (Å²) in [5, 5.41) is 6.82. The molecule has 4 heterocycles. The summed E-state index contributed by atoms with van der Waals surface area (Å²) in [7, 11) is 0. The van der Waals surface area contributed by atoms with Crippen molar-refractivity contribution < 1.29 is 4.42 Å². The van der Waals surface area contributed by atoms with Gasteiger partial charge in [-0.2, -0.15) is 0 Å². The number of hydrogen-bond donors (Lipinski definition) is 0. The van der Waals surface area contributed by atoms with Crippen molar-refractivity contribution in [1.82, 2.24) is 24.1 Å². The first kappa shape index (κ1) is 31.5. The summed E-state index contributed by atoms with van der Waals surface area (Å²) in [6.45, 7) is 0. The first-order valence-electron chi connectivity index (χ1n) is 19.1. The molecule has 0 amide bonds.